The molecule has 31 heavy (non-hydrogen) atoms. The van der Waals surface area contributed by atoms with Crippen molar-refractivity contribution in [3.63, 3.8) is 0 Å². The molecule has 7 nitrogen and oxygen atoms in total. The summed E-state index contributed by atoms with van der Waals surface area (Å²) in [5, 5.41) is 0. The van der Waals surface area contributed by atoms with Crippen molar-refractivity contribution < 1.29 is 9.59 Å². The van der Waals surface area contributed by atoms with Crippen LogP contribution >= 0.6 is 0 Å². The van der Waals surface area contributed by atoms with Crippen LogP contribution in [0.1, 0.15) is 42.6 Å². The van der Waals surface area contributed by atoms with Gasteiger partial charge < -0.3 is 9.80 Å². The SMILES string of the molecule is Cc1ncc(C)c(N2CCC3(CC2)C(=O)N(CC2CC2)C(=O)N3Cc2ccccc2)n1. The number of imide groups is 1. The van der Waals surface area contributed by atoms with Crippen molar-refractivity contribution in [2.24, 2.45) is 5.92 Å². The Labute approximate surface area is 183 Å². The van der Waals surface area contributed by atoms with E-state index in [0.717, 1.165) is 35.6 Å². The van der Waals surface area contributed by atoms with Crippen molar-refractivity contribution in [1.29, 1.82) is 0 Å². The van der Waals surface area contributed by atoms with E-state index in [0.29, 0.717) is 44.9 Å². The lowest BCUT2D eigenvalue weighted by molar-refractivity contribution is -0.134. The van der Waals surface area contributed by atoms with Gasteiger partial charge in [0.1, 0.15) is 17.2 Å². The van der Waals surface area contributed by atoms with E-state index in [2.05, 4.69) is 14.9 Å². The minimum atomic E-state index is -0.756. The lowest BCUT2D eigenvalue weighted by atomic mass is 9.85. The van der Waals surface area contributed by atoms with Crippen molar-refractivity contribution in [2.75, 3.05) is 24.5 Å². The molecule has 5 rings (SSSR count). The summed E-state index contributed by atoms with van der Waals surface area (Å²) in [6.45, 7) is 6.34. The van der Waals surface area contributed by atoms with Crippen LogP contribution < -0.4 is 4.90 Å². The lowest BCUT2D eigenvalue weighted by Crippen LogP contribution is -2.56. The van der Waals surface area contributed by atoms with Crippen LogP contribution in [0.3, 0.4) is 0 Å². The van der Waals surface area contributed by atoms with E-state index in [-0.39, 0.29) is 11.9 Å². The fraction of sp³-hybridized carbons (Fsp3) is 0.500. The van der Waals surface area contributed by atoms with Crippen molar-refractivity contribution >= 4 is 17.8 Å². The van der Waals surface area contributed by atoms with Gasteiger partial charge in [-0.15, -0.1) is 0 Å². The number of benzene rings is 1. The highest BCUT2D eigenvalue weighted by atomic mass is 16.2. The highest BCUT2D eigenvalue weighted by molar-refractivity contribution is 6.07. The number of amides is 3. The topological polar surface area (TPSA) is 69.6 Å². The third-order valence-electron chi connectivity index (χ3n) is 6.90. The highest BCUT2D eigenvalue weighted by Crippen LogP contribution is 2.41. The molecule has 1 saturated carbocycles. The lowest BCUT2D eigenvalue weighted by Gasteiger charge is -2.43. The molecule has 3 heterocycles. The molecule has 2 aromatic rings. The first-order valence-electron chi connectivity index (χ1n) is 11.2. The molecule has 0 N–H and O–H groups in total. The molecule has 0 atom stereocenters. The predicted octanol–water partition coefficient (Wildman–Crippen LogP) is 3.31. The van der Waals surface area contributed by atoms with Gasteiger partial charge >= 0.3 is 6.03 Å². The summed E-state index contributed by atoms with van der Waals surface area (Å²) in [6.07, 6.45) is 5.32. The number of carbonyl (C=O) groups excluding carboxylic acids is 2. The molecule has 1 aromatic heterocycles. The zero-order valence-electron chi connectivity index (χ0n) is 18.3. The van der Waals surface area contributed by atoms with Gasteiger partial charge in [0.05, 0.1) is 0 Å². The zero-order valence-corrected chi connectivity index (χ0v) is 18.3. The second-order valence-electron chi connectivity index (χ2n) is 9.16. The van der Waals surface area contributed by atoms with Crippen LogP contribution in [-0.4, -0.2) is 56.9 Å². The van der Waals surface area contributed by atoms with Crippen molar-refractivity contribution in [3.05, 3.63) is 53.5 Å². The van der Waals surface area contributed by atoms with Crippen molar-refractivity contribution in [1.82, 2.24) is 19.8 Å². The molecule has 1 spiro atoms. The van der Waals surface area contributed by atoms with Crippen LogP contribution in [0, 0.1) is 19.8 Å². The van der Waals surface area contributed by atoms with Crippen LogP contribution in [-0.2, 0) is 11.3 Å². The van der Waals surface area contributed by atoms with Gasteiger partial charge in [-0.25, -0.2) is 14.8 Å². The second-order valence-corrected chi connectivity index (χ2v) is 9.16. The third kappa shape index (κ3) is 3.56. The van der Waals surface area contributed by atoms with E-state index >= 15 is 0 Å². The van der Waals surface area contributed by atoms with Gasteiger partial charge in [-0.1, -0.05) is 30.3 Å². The number of anilines is 1. The number of aromatic nitrogens is 2. The maximum absolute atomic E-state index is 13.6. The van der Waals surface area contributed by atoms with E-state index in [9.17, 15) is 9.59 Å². The molecule has 3 fully saturated rings. The molecular formula is C24H29N5O2. The molecule has 0 radical (unpaired) electrons. The van der Waals surface area contributed by atoms with E-state index in [1.54, 1.807) is 0 Å². The minimum Gasteiger partial charge on any atom is -0.356 e. The number of rotatable bonds is 5. The standard InChI is InChI=1S/C24H29N5O2/c1-17-14-25-18(2)26-21(17)27-12-10-24(11-13-27)22(30)28(15-20-8-9-20)23(31)29(24)16-19-6-4-3-5-7-19/h3-7,14,20H,8-13,15-16H2,1-2H3. The van der Waals surface area contributed by atoms with Crippen LogP contribution in [0.25, 0.3) is 0 Å². The molecule has 0 bridgehead atoms. The smallest absolute Gasteiger partial charge is 0.327 e. The Bertz CT molecular complexity index is 996. The van der Waals surface area contributed by atoms with Gasteiger partial charge in [-0.2, -0.15) is 0 Å². The molecule has 1 aliphatic carbocycles. The van der Waals surface area contributed by atoms with Gasteiger partial charge in [0.25, 0.3) is 5.91 Å². The molecular weight excluding hydrogens is 390 g/mol. The van der Waals surface area contributed by atoms with Gasteiger partial charge in [-0.05, 0) is 51.0 Å². The molecule has 2 aliphatic heterocycles. The number of nitrogens with zero attached hydrogens (tertiary/aromatic N) is 5. The predicted molar refractivity (Wildman–Crippen MR) is 118 cm³/mol. The van der Waals surface area contributed by atoms with Gasteiger partial charge in [0.15, 0.2) is 0 Å². The number of piperidine rings is 1. The Balaban J connectivity index is 1.42. The second kappa shape index (κ2) is 7.62. The molecule has 0 unspecified atom stereocenters. The maximum Gasteiger partial charge on any atom is 0.327 e. The average Bonchev–Trinajstić information content (AvgIpc) is 3.59. The van der Waals surface area contributed by atoms with E-state index < -0.39 is 5.54 Å². The molecule has 3 amide bonds. The summed E-state index contributed by atoms with van der Waals surface area (Å²) in [5.41, 5.74) is 1.33. The number of urea groups is 1. The highest BCUT2D eigenvalue weighted by Gasteiger charge is 2.58. The summed E-state index contributed by atoms with van der Waals surface area (Å²) >= 11 is 0. The van der Waals surface area contributed by atoms with Gasteiger partial charge in [-0.3, -0.25) is 9.69 Å². The Morgan fingerprint density at radius 1 is 1.06 bits per heavy atom. The Morgan fingerprint density at radius 2 is 1.77 bits per heavy atom. The van der Waals surface area contributed by atoms with Crippen LogP contribution in [0.15, 0.2) is 36.5 Å². The Morgan fingerprint density at radius 3 is 2.45 bits per heavy atom. The first-order chi connectivity index (χ1) is 15.0. The summed E-state index contributed by atoms with van der Waals surface area (Å²) in [7, 11) is 0. The quantitative estimate of drug-likeness (QED) is 0.696. The number of carbonyl (C=O) groups is 2. The van der Waals surface area contributed by atoms with Crippen LogP contribution in [0.2, 0.25) is 0 Å². The van der Waals surface area contributed by atoms with Crippen LogP contribution in [0.4, 0.5) is 10.6 Å². The number of hydrogen-bond acceptors (Lipinski definition) is 5. The van der Waals surface area contributed by atoms with Crippen molar-refractivity contribution in [2.45, 2.75) is 51.6 Å². The largest absolute Gasteiger partial charge is 0.356 e. The minimum absolute atomic E-state index is 0.00410. The summed E-state index contributed by atoms with van der Waals surface area (Å²) in [4.78, 5) is 41.6. The van der Waals surface area contributed by atoms with Gasteiger partial charge in [0, 0.05) is 37.9 Å². The first kappa shape index (κ1) is 20.0. The normalized spacial score (nSPS) is 20.8. The van der Waals surface area contributed by atoms with E-state index in [1.165, 1.54) is 4.90 Å². The summed E-state index contributed by atoms with van der Waals surface area (Å²) < 4.78 is 0. The summed E-state index contributed by atoms with van der Waals surface area (Å²) in [5.74, 6) is 2.15. The average molecular weight is 420 g/mol. The van der Waals surface area contributed by atoms with Crippen LogP contribution in [0.5, 0.6) is 0 Å². The molecule has 162 valence electrons. The fourth-order valence-electron chi connectivity index (χ4n) is 4.90. The first-order valence-corrected chi connectivity index (χ1v) is 11.2. The Kier molecular flexibility index (Phi) is 4.91. The fourth-order valence-corrected chi connectivity index (χ4v) is 4.90. The zero-order chi connectivity index (χ0) is 21.6. The molecule has 1 aromatic carbocycles. The third-order valence-corrected chi connectivity index (χ3v) is 6.90. The van der Waals surface area contributed by atoms with E-state index in [4.69, 9.17) is 0 Å². The molecule has 3 aliphatic rings. The van der Waals surface area contributed by atoms with E-state index in [1.807, 2.05) is 55.3 Å². The summed E-state index contributed by atoms with van der Waals surface area (Å²) in [6, 6.07) is 9.86. The number of hydrogen-bond donors (Lipinski definition) is 0. The monoisotopic (exact) mass is 419 g/mol. The molecule has 7 heteroatoms. The van der Waals surface area contributed by atoms with Crippen molar-refractivity contribution in [3.8, 4) is 0 Å². The molecule has 2 saturated heterocycles. The maximum atomic E-state index is 13.6. The van der Waals surface area contributed by atoms with Gasteiger partial charge in [0.2, 0.25) is 0 Å². The Hall–Kier alpha value is -2.96. The number of aryl methyl sites for hydroxylation is 2.